The molecule has 0 aliphatic rings. The predicted octanol–water partition coefficient (Wildman–Crippen LogP) is 21.8. The van der Waals surface area contributed by atoms with Crippen LogP contribution in [0.2, 0.25) is 0 Å². The van der Waals surface area contributed by atoms with Gasteiger partial charge in [0.15, 0.2) is 6.10 Å². The lowest BCUT2D eigenvalue weighted by Gasteiger charge is -2.18. The highest BCUT2D eigenvalue weighted by atomic mass is 16.6. The van der Waals surface area contributed by atoms with Crippen LogP contribution in [0, 0.1) is 0 Å². The summed E-state index contributed by atoms with van der Waals surface area (Å²) >= 11 is 0. The van der Waals surface area contributed by atoms with Gasteiger partial charge in [0.05, 0.1) is 6.42 Å². The van der Waals surface area contributed by atoms with E-state index in [4.69, 9.17) is 14.2 Å². The van der Waals surface area contributed by atoms with Gasteiger partial charge in [0.25, 0.3) is 0 Å². The third-order valence-electron chi connectivity index (χ3n) is 12.0. The maximum Gasteiger partial charge on any atom is 0.309 e. The summed E-state index contributed by atoms with van der Waals surface area (Å²) < 4.78 is 16.7. The van der Waals surface area contributed by atoms with Crippen LogP contribution in [-0.4, -0.2) is 37.2 Å². The average Bonchev–Trinajstić information content (AvgIpc) is 3.47. The van der Waals surface area contributed by atoms with Gasteiger partial charge in [0, 0.05) is 12.8 Å². The molecule has 0 heterocycles. The first-order valence-electron chi connectivity index (χ1n) is 31.2. The highest BCUT2D eigenvalue weighted by molar-refractivity contribution is 5.72. The number of esters is 3. The molecule has 0 saturated heterocycles. The lowest BCUT2D eigenvalue weighted by atomic mass is 10.1. The van der Waals surface area contributed by atoms with Crippen molar-refractivity contribution >= 4 is 17.9 Å². The topological polar surface area (TPSA) is 78.9 Å². The van der Waals surface area contributed by atoms with Crippen molar-refractivity contribution in [2.45, 2.75) is 219 Å². The molecule has 0 aromatic heterocycles. The number of unbranched alkanes of at least 4 members (excludes halogenated alkanes) is 7. The van der Waals surface area contributed by atoms with Gasteiger partial charge in [-0.2, -0.15) is 0 Å². The molecule has 0 aliphatic carbocycles. The van der Waals surface area contributed by atoms with E-state index in [1.54, 1.807) is 6.08 Å². The summed E-state index contributed by atoms with van der Waals surface area (Å²) in [6.07, 6.45) is 104. The second-order valence-corrected chi connectivity index (χ2v) is 19.5. The molecule has 0 saturated carbocycles. The van der Waals surface area contributed by atoms with Gasteiger partial charge in [-0.1, -0.05) is 265 Å². The van der Waals surface area contributed by atoms with Crippen LogP contribution >= 0.6 is 0 Å². The number of carbonyl (C=O) groups is 3. The fraction of sp³-hybridized carbons (Fsp3) is 0.480. The lowest BCUT2D eigenvalue weighted by Crippen LogP contribution is -2.30. The van der Waals surface area contributed by atoms with E-state index < -0.39 is 18.0 Å². The van der Waals surface area contributed by atoms with Crippen LogP contribution in [0.1, 0.15) is 213 Å². The molecule has 0 N–H and O–H groups in total. The van der Waals surface area contributed by atoms with E-state index in [1.807, 2.05) is 6.08 Å². The van der Waals surface area contributed by atoms with Crippen molar-refractivity contribution in [3.05, 3.63) is 219 Å². The fourth-order valence-electron chi connectivity index (χ4n) is 7.45. The summed E-state index contributed by atoms with van der Waals surface area (Å²) in [6.45, 7) is 6.12. The van der Waals surface area contributed by atoms with E-state index in [1.165, 1.54) is 6.42 Å². The first kappa shape index (κ1) is 74.7. The summed E-state index contributed by atoms with van der Waals surface area (Å²) in [6, 6.07) is 0. The third-order valence-corrected chi connectivity index (χ3v) is 12.0. The molecule has 0 aliphatic heterocycles. The summed E-state index contributed by atoms with van der Waals surface area (Å²) in [5, 5.41) is 0. The Bertz CT molecular complexity index is 2050. The minimum absolute atomic E-state index is 0.0996. The predicted molar refractivity (Wildman–Crippen MR) is 352 cm³/mol. The smallest absolute Gasteiger partial charge is 0.309 e. The molecule has 0 aromatic carbocycles. The van der Waals surface area contributed by atoms with Gasteiger partial charge in [0.1, 0.15) is 13.2 Å². The molecule has 0 spiro atoms. The molecule has 0 radical (unpaired) electrons. The van der Waals surface area contributed by atoms with Gasteiger partial charge in [-0.05, 0) is 148 Å². The molecule has 6 heteroatoms. The van der Waals surface area contributed by atoms with E-state index in [9.17, 15) is 14.4 Å². The van der Waals surface area contributed by atoms with Crippen LogP contribution in [0.5, 0.6) is 0 Å². The number of hydrogen-bond donors (Lipinski definition) is 0. The molecule has 446 valence electrons. The first-order chi connectivity index (χ1) is 40.0. The molecule has 0 fully saturated rings. The Labute approximate surface area is 495 Å². The number of hydrogen-bond acceptors (Lipinski definition) is 6. The van der Waals surface area contributed by atoms with Gasteiger partial charge >= 0.3 is 17.9 Å². The van der Waals surface area contributed by atoms with Crippen LogP contribution in [0.3, 0.4) is 0 Å². The highest BCUT2D eigenvalue weighted by Crippen LogP contribution is 2.12. The molecular weight excluding hydrogens is 997 g/mol. The molecule has 1 unspecified atom stereocenters. The van der Waals surface area contributed by atoms with Crippen molar-refractivity contribution < 1.29 is 28.6 Å². The van der Waals surface area contributed by atoms with E-state index in [0.717, 1.165) is 154 Å². The van der Waals surface area contributed by atoms with Gasteiger partial charge in [0.2, 0.25) is 0 Å². The van der Waals surface area contributed by atoms with Crippen LogP contribution in [0.15, 0.2) is 219 Å². The van der Waals surface area contributed by atoms with Gasteiger partial charge in [-0.3, -0.25) is 14.4 Å². The van der Waals surface area contributed by atoms with Crippen LogP contribution in [-0.2, 0) is 28.6 Å². The molecule has 0 aromatic rings. The third kappa shape index (κ3) is 64.4. The van der Waals surface area contributed by atoms with E-state index >= 15 is 0 Å². The summed E-state index contributed by atoms with van der Waals surface area (Å²) in [5.41, 5.74) is 0. The van der Waals surface area contributed by atoms with Crippen molar-refractivity contribution in [2.75, 3.05) is 13.2 Å². The zero-order valence-corrected chi connectivity index (χ0v) is 50.9. The van der Waals surface area contributed by atoms with Gasteiger partial charge < -0.3 is 14.2 Å². The molecule has 1 atom stereocenters. The summed E-state index contributed by atoms with van der Waals surface area (Å²) in [4.78, 5) is 38.2. The summed E-state index contributed by atoms with van der Waals surface area (Å²) in [5.74, 6) is -1.17. The maximum absolute atomic E-state index is 12.9. The lowest BCUT2D eigenvalue weighted by molar-refractivity contribution is -0.166. The Morgan fingerprint density at radius 3 is 0.840 bits per heavy atom. The van der Waals surface area contributed by atoms with E-state index in [2.05, 4.69) is 227 Å². The Balaban J connectivity index is 4.53. The standard InChI is InChI=1S/C75H110O6/c1-4-7-10-13-16-19-22-25-28-30-31-32-33-34-35-36-37-38-39-40-41-42-43-45-47-50-53-56-59-62-65-68-74(77)80-71-72(70-79-73(76)67-64-61-58-55-52-49-46-27-24-21-18-15-12-9-6-3)81-75(78)69-66-63-60-57-54-51-48-44-29-26-23-20-17-14-11-8-5-2/h7-12,16-21,25-29,31-32,34-35,37-38,40-41,43,45-46,48,51-52,55,57,60-61,64,72H,4-6,13-15,22-24,30,33,36,39,42,44,47,49-50,53-54,56,58-59,62-63,65-71H2,1-3H3/b10-7-,11-8-,12-9-,19-16-,20-17-,21-18-,28-25-,29-26-,32-31-,35-34-,38-37-,41-40-,45-43-,46-27-,51-48-,55-52-,60-57-,64-61-. The van der Waals surface area contributed by atoms with Crippen molar-refractivity contribution in [3.8, 4) is 0 Å². The van der Waals surface area contributed by atoms with Crippen molar-refractivity contribution in [1.82, 2.24) is 0 Å². The molecular formula is C75H110O6. The second-order valence-electron chi connectivity index (χ2n) is 19.5. The molecule has 0 rings (SSSR count). The second kappa shape index (κ2) is 66.2. The Kier molecular flexibility index (Phi) is 61.1. The van der Waals surface area contributed by atoms with E-state index in [-0.39, 0.29) is 32.0 Å². The SMILES string of the molecule is CC/C=C\C/C=C\C/C=C\C/C=C\C/C=C\C/C=C\C/C=C\C/C=C\CCCCCCCCC(=O)OCC(COC(=O)C/C=C\C/C=C\C/C=C\C/C=C\C/C=C\CC)OC(=O)CCC/C=C\C/C=C\C/C=C\C/C=C\C/C=C\CC. The zero-order chi connectivity index (χ0) is 58.5. The minimum atomic E-state index is -0.870. The number of carbonyl (C=O) groups excluding carboxylic acids is 3. The Hall–Kier alpha value is -6.27. The van der Waals surface area contributed by atoms with Crippen molar-refractivity contribution in [3.63, 3.8) is 0 Å². The van der Waals surface area contributed by atoms with Crippen molar-refractivity contribution in [1.29, 1.82) is 0 Å². The Morgan fingerprint density at radius 1 is 0.259 bits per heavy atom. The largest absolute Gasteiger partial charge is 0.462 e. The monoisotopic (exact) mass is 1110 g/mol. The van der Waals surface area contributed by atoms with Gasteiger partial charge in [-0.15, -0.1) is 0 Å². The summed E-state index contributed by atoms with van der Waals surface area (Å²) in [7, 11) is 0. The Morgan fingerprint density at radius 2 is 0.506 bits per heavy atom. The molecule has 0 amide bonds. The van der Waals surface area contributed by atoms with Crippen LogP contribution in [0.25, 0.3) is 0 Å². The maximum atomic E-state index is 12.9. The minimum Gasteiger partial charge on any atom is -0.462 e. The molecule has 6 nitrogen and oxygen atoms in total. The fourth-order valence-corrected chi connectivity index (χ4v) is 7.45. The van der Waals surface area contributed by atoms with Crippen molar-refractivity contribution in [2.24, 2.45) is 0 Å². The number of ether oxygens (including phenoxy) is 3. The normalized spacial score (nSPS) is 13.7. The quantitative estimate of drug-likeness (QED) is 0.0261. The van der Waals surface area contributed by atoms with Crippen LogP contribution < -0.4 is 0 Å². The first-order valence-corrected chi connectivity index (χ1v) is 31.2. The highest BCUT2D eigenvalue weighted by Gasteiger charge is 2.19. The molecule has 81 heavy (non-hydrogen) atoms. The zero-order valence-electron chi connectivity index (χ0n) is 50.9. The van der Waals surface area contributed by atoms with Crippen LogP contribution in [0.4, 0.5) is 0 Å². The number of allylic oxidation sites excluding steroid dienone is 35. The average molecular weight is 1110 g/mol. The van der Waals surface area contributed by atoms with E-state index in [0.29, 0.717) is 19.3 Å². The molecule has 0 bridgehead atoms. The van der Waals surface area contributed by atoms with Gasteiger partial charge in [-0.25, -0.2) is 0 Å². The number of rotatable bonds is 53.